The minimum atomic E-state index is -3.43. The Morgan fingerprint density at radius 3 is 2.24 bits per heavy atom. The second-order valence-electron chi connectivity index (χ2n) is 6.88. The third-order valence-corrected chi connectivity index (χ3v) is 7.17. The Morgan fingerprint density at radius 1 is 1.14 bits per heavy atom. The van der Waals surface area contributed by atoms with Gasteiger partial charge in [-0.15, -0.1) is 0 Å². The van der Waals surface area contributed by atoms with Gasteiger partial charge in [-0.2, -0.15) is 0 Å². The zero-order valence-corrected chi connectivity index (χ0v) is 12.9. The molecule has 1 aromatic rings. The van der Waals surface area contributed by atoms with Crippen molar-refractivity contribution < 1.29 is 13.5 Å². The number of aliphatic hydroxyl groups is 1. The van der Waals surface area contributed by atoms with Crippen LogP contribution in [0.2, 0.25) is 0 Å². The quantitative estimate of drug-likeness (QED) is 0.895. The van der Waals surface area contributed by atoms with Gasteiger partial charge in [-0.3, -0.25) is 0 Å². The normalized spacial score (nSPS) is 38.3. The molecule has 0 saturated heterocycles. The maximum Gasteiger partial charge on any atom is 0.240 e. The highest BCUT2D eigenvalue weighted by molar-refractivity contribution is 7.89. The molecule has 0 aliphatic heterocycles. The summed E-state index contributed by atoms with van der Waals surface area (Å²) in [7, 11) is -3.43. The van der Waals surface area contributed by atoms with Crippen LogP contribution >= 0.6 is 0 Å². The maximum atomic E-state index is 12.5. The second kappa shape index (κ2) is 4.54. The van der Waals surface area contributed by atoms with Crippen molar-refractivity contribution >= 4 is 10.0 Å². The van der Waals surface area contributed by atoms with Crippen LogP contribution in [-0.2, 0) is 10.0 Å². The van der Waals surface area contributed by atoms with Crippen molar-refractivity contribution in [3.05, 3.63) is 29.8 Å². The van der Waals surface area contributed by atoms with E-state index in [0.29, 0.717) is 16.7 Å². The van der Waals surface area contributed by atoms with Crippen molar-refractivity contribution in [2.45, 2.75) is 43.2 Å². The topological polar surface area (TPSA) is 66.4 Å². The third kappa shape index (κ3) is 2.14. The Bertz CT molecular complexity index is 637. The highest BCUT2D eigenvalue weighted by Crippen LogP contribution is 2.65. The molecule has 5 heteroatoms. The molecule has 5 unspecified atom stereocenters. The van der Waals surface area contributed by atoms with Crippen LogP contribution in [0.1, 0.15) is 37.9 Å². The van der Waals surface area contributed by atoms with Gasteiger partial charge in [0.25, 0.3) is 0 Å². The van der Waals surface area contributed by atoms with Gasteiger partial charge >= 0.3 is 0 Å². The van der Waals surface area contributed by atoms with Crippen molar-refractivity contribution in [3.63, 3.8) is 0 Å². The molecule has 3 saturated carbocycles. The number of rotatable bonds is 4. The van der Waals surface area contributed by atoms with Crippen LogP contribution in [0.4, 0.5) is 0 Å². The first-order valence-electron chi connectivity index (χ1n) is 7.78. The summed E-state index contributed by atoms with van der Waals surface area (Å²) in [4.78, 5) is 0.296. The van der Waals surface area contributed by atoms with Crippen molar-refractivity contribution in [2.24, 2.45) is 23.7 Å². The molecule has 0 amide bonds. The number of benzene rings is 1. The smallest absolute Gasteiger partial charge is 0.240 e. The zero-order chi connectivity index (χ0) is 14.8. The summed E-state index contributed by atoms with van der Waals surface area (Å²) in [5, 5.41) is 9.48. The molecule has 3 aliphatic carbocycles. The lowest BCUT2D eigenvalue weighted by Crippen LogP contribution is -2.30. The van der Waals surface area contributed by atoms with E-state index in [1.165, 1.54) is 19.3 Å². The molecule has 3 aliphatic rings. The SMILES string of the molecule is CC(O)c1ccc(S(=O)(=O)NC2C3C4CCC(C4)C23)cc1. The van der Waals surface area contributed by atoms with Crippen molar-refractivity contribution in [3.8, 4) is 0 Å². The van der Waals surface area contributed by atoms with Gasteiger partial charge in [-0.05, 0) is 67.6 Å². The van der Waals surface area contributed by atoms with Crippen LogP contribution in [0.5, 0.6) is 0 Å². The summed E-state index contributed by atoms with van der Waals surface area (Å²) < 4.78 is 27.8. The first-order chi connectivity index (χ1) is 9.97. The molecule has 21 heavy (non-hydrogen) atoms. The lowest BCUT2D eigenvalue weighted by Gasteiger charge is -2.12. The highest BCUT2D eigenvalue weighted by Gasteiger charge is 2.65. The van der Waals surface area contributed by atoms with E-state index in [9.17, 15) is 13.5 Å². The molecule has 5 atom stereocenters. The van der Waals surface area contributed by atoms with Crippen molar-refractivity contribution in [2.75, 3.05) is 0 Å². The van der Waals surface area contributed by atoms with Crippen LogP contribution in [0.15, 0.2) is 29.2 Å². The predicted molar refractivity (Wildman–Crippen MR) is 79.0 cm³/mol. The molecule has 1 aromatic carbocycles. The van der Waals surface area contributed by atoms with E-state index >= 15 is 0 Å². The molecule has 114 valence electrons. The van der Waals surface area contributed by atoms with E-state index in [-0.39, 0.29) is 6.04 Å². The molecule has 4 nitrogen and oxygen atoms in total. The van der Waals surface area contributed by atoms with E-state index in [4.69, 9.17) is 0 Å². The van der Waals surface area contributed by atoms with Gasteiger partial charge < -0.3 is 5.11 Å². The van der Waals surface area contributed by atoms with E-state index < -0.39 is 16.1 Å². The van der Waals surface area contributed by atoms with Crippen molar-refractivity contribution in [1.29, 1.82) is 0 Å². The molecule has 0 spiro atoms. The summed E-state index contributed by atoms with van der Waals surface area (Å²) in [5.41, 5.74) is 0.732. The van der Waals surface area contributed by atoms with Crippen LogP contribution in [-0.4, -0.2) is 19.6 Å². The van der Waals surface area contributed by atoms with Crippen LogP contribution in [0, 0.1) is 23.7 Å². The first kappa shape index (κ1) is 13.7. The number of aliphatic hydroxyl groups excluding tert-OH is 1. The summed E-state index contributed by atoms with van der Waals surface area (Å²) in [6.45, 7) is 1.67. The summed E-state index contributed by atoms with van der Waals surface area (Å²) in [6.07, 6.45) is 3.31. The van der Waals surface area contributed by atoms with Gasteiger partial charge in [0.15, 0.2) is 0 Å². The molecule has 4 rings (SSSR count). The number of sulfonamides is 1. The lowest BCUT2D eigenvalue weighted by atomic mass is 10.0. The monoisotopic (exact) mass is 307 g/mol. The summed E-state index contributed by atoms with van der Waals surface area (Å²) in [6, 6.07) is 6.68. The molecule has 0 radical (unpaired) electrons. The summed E-state index contributed by atoms with van der Waals surface area (Å²) >= 11 is 0. The van der Waals surface area contributed by atoms with Gasteiger partial charge in [0.1, 0.15) is 0 Å². The van der Waals surface area contributed by atoms with Gasteiger partial charge in [-0.25, -0.2) is 13.1 Å². The molecule has 2 bridgehead atoms. The van der Waals surface area contributed by atoms with Crippen LogP contribution in [0.3, 0.4) is 0 Å². The Kier molecular flexibility index (Phi) is 2.97. The summed E-state index contributed by atoms with van der Waals surface area (Å²) in [5.74, 6) is 2.70. The predicted octanol–water partition coefficient (Wildman–Crippen LogP) is 2.06. The van der Waals surface area contributed by atoms with E-state index in [0.717, 1.165) is 17.4 Å². The molecule has 0 heterocycles. The van der Waals surface area contributed by atoms with Gasteiger partial charge in [0.2, 0.25) is 10.0 Å². The number of fused-ring (bicyclic) bond motifs is 5. The lowest BCUT2D eigenvalue weighted by molar-refractivity contribution is 0.199. The minimum Gasteiger partial charge on any atom is -0.389 e. The van der Waals surface area contributed by atoms with Gasteiger partial charge in [-0.1, -0.05) is 12.1 Å². The average molecular weight is 307 g/mol. The zero-order valence-electron chi connectivity index (χ0n) is 12.1. The van der Waals surface area contributed by atoms with E-state index in [1.807, 2.05) is 0 Å². The van der Waals surface area contributed by atoms with Crippen LogP contribution in [0.25, 0.3) is 0 Å². The second-order valence-corrected chi connectivity index (χ2v) is 8.59. The average Bonchev–Trinajstić information content (AvgIpc) is 2.85. The fourth-order valence-electron chi connectivity index (χ4n) is 4.66. The molecule has 0 aromatic heterocycles. The van der Waals surface area contributed by atoms with E-state index in [1.54, 1.807) is 31.2 Å². The highest BCUT2D eigenvalue weighted by atomic mass is 32.2. The van der Waals surface area contributed by atoms with Crippen LogP contribution < -0.4 is 4.72 Å². The third-order valence-electron chi connectivity index (χ3n) is 5.70. The maximum absolute atomic E-state index is 12.5. The standard InChI is InChI=1S/C16H21NO3S/c1-9(18)10-4-6-13(7-5-10)21(19,20)17-16-14-11-2-3-12(8-11)15(14)16/h4-7,9,11-12,14-18H,2-3,8H2,1H3. The molecular weight excluding hydrogens is 286 g/mol. The Labute approximate surface area is 125 Å². The Balaban J connectivity index is 1.50. The largest absolute Gasteiger partial charge is 0.389 e. The van der Waals surface area contributed by atoms with E-state index in [2.05, 4.69) is 4.72 Å². The molecular formula is C16H21NO3S. The van der Waals surface area contributed by atoms with Gasteiger partial charge in [0.05, 0.1) is 11.0 Å². The minimum absolute atomic E-state index is 0.165. The first-order valence-corrected chi connectivity index (χ1v) is 9.26. The Hall–Kier alpha value is -0.910. The van der Waals surface area contributed by atoms with Gasteiger partial charge in [0, 0.05) is 6.04 Å². The fraction of sp³-hybridized carbons (Fsp3) is 0.625. The number of hydrogen-bond donors (Lipinski definition) is 2. The molecule has 3 fully saturated rings. The number of hydrogen-bond acceptors (Lipinski definition) is 3. The molecule has 2 N–H and O–H groups in total. The Morgan fingerprint density at radius 2 is 1.71 bits per heavy atom. The fourth-order valence-corrected chi connectivity index (χ4v) is 5.96. The van der Waals surface area contributed by atoms with Crippen molar-refractivity contribution in [1.82, 2.24) is 4.72 Å². The number of nitrogens with one attached hydrogen (secondary N) is 1.